The van der Waals surface area contributed by atoms with Gasteiger partial charge in [0.05, 0.1) is 11.6 Å². The summed E-state index contributed by atoms with van der Waals surface area (Å²) in [6.07, 6.45) is 2.15. The molecular weight excluding hydrogens is 408 g/mol. The Morgan fingerprint density at radius 2 is 1.72 bits per heavy atom. The van der Waals surface area contributed by atoms with E-state index in [4.69, 9.17) is 4.74 Å². The number of benzene rings is 2. The number of carbonyl (C=O) groups is 4. The molecule has 32 heavy (non-hydrogen) atoms. The molecule has 2 aromatic carbocycles. The van der Waals surface area contributed by atoms with Gasteiger partial charge in [-0.1, -0.05) is 25.1 Å². The van der Waals surface area contributed by atoms with E-state index in [1.165, 1.54) is 4.90 Å². The van der Waals surface area contributed by atoms with Gasteiger partial charge in [0.25, 0.3) is 0 Å². The normalized spacial score (nSPS) is 18.9. The van der Waals surface area contributed by atoms with E-state index < -0.39 is 11.9 Å². The third-order valence-corrected chi connectivity index (χ3v) is 6.03. The number of piperidine rings is 1. The van der Waals surface area contributed by atoms with Gasteiger partial charge in [0.1, 0.15) is 5.75 Å². The summed E-state index contributed by atoms with van der Waals surface area (Å²) in [4.78, 5) is 52.6. The van der Waals surface area contributed by atoms with Gasteiger partial charge in [-0.25, -0.2) is 0 Å². The molecule has 0 unspecified atom stereocenters. The van der Waals surface area contributed by atoms with Crippen LogP contribution in [0.25, 0.3) is 0 Å². The van der Waals surface area contributed by atoms with Gasteiger partial charge in [0.2, 0.25) is 17.7 Å². The lowest BCUT2D eigenvalue weighted by atomic mass is 10.1. The van der Waals surface area contributed by atoms with Crippen LogP contribution >= 0.6 is 0 Å². The molecule has 2 heterocycles. The fourth-order valence-electron chi connectivity index (χ4n) is 4.34. The second kappa shape index (κ2) is 8.94. The number of amides is 3. The summed E-state index contributed by atoms with van der Waals surface area (Å²) in [6, 6.07) is 12.6. The Morgan fingerprint density at radius 1 is 1.00 bits per heavy atom. The largest absolute Gasteiger partial charge is 0.426 e. The number of carbonyl (C=O) groups excluding carboxylic acids is 4. The molecule has 0 aliphatic carbocycles. The van der Waals surface area contributed by atoms with Crippen LogP contribution in [0.15, 0.2) is 42.5 Å². The summed E-state index contributed by atoms with van der Waals surface area (Å²) in [5, 5.41) is 0. The highest BCUT2D eigenvalue weighted by molar-refractivity contribution is 6.16. The zero-order valence-electron chi connectivity index (χ0n) is 18.3. The predicted octanol–water partition coefficient (Wildman–Crippen LogP) is 3.56. The number of imide groups is 1. The van der Waals surface area contributed by atoms with E-state index in [0.29, 0.717) is 36.3 Å². The van der Waals surface area contributed by atoms with Crippen LogP contribution in [0.5, 0.6) is 5.75 Å². The zero-order chi connectivity index (χ0) is 22.8. The van der Waals surface area contributed by atoms with Crippen molar-refractivity contribution >= 4 is 35.1 Å². The number of hydrogen-bond acceptors (Lipinski definition) is 5. The smallest absolute Gasteiger partial charge is 0.316 e. The summed E-state index contributed by atoms with van der Waals surface area (Å²) in [5.41, 5.74) is 3.08. The molecule has 7 heteroatoms. The number of aryl methyl sites for hydroxylation is 2. The summed E-state index contributed by atoms with van der Waals surface area (Å²) < 4.78 is 5.56. The van der Waals surface area contributed by atoms with Crippen LogP contribution in [-0.2, 0) is 25.6 Å². The topological polar surface area (TPSA) is 84.0 Å². The summed E-state index contributed by atoms with van der Waals surface area (Å²) in [5.74, 6) is -1.23. The lowest BCUT2D eigenvalue weighted by molar-refractivity contribution is -0.139. The van der Waals surface area contributed by atoms with E-state index in [1.807, 2.05) is 31.2 Å². The Labute approximate surface area is 187 Å². The maximum absolute atomic E-state index is 12.8. The SMILES string of the molecule is CCc1ccccc1N1C[C@@H](C(=O)Oc2ccc(N3C(=O)CCCC3=O)c(C)c2)CC1=O. The second-order valence-corrected chi connectivity index (χ2v) is 8.23. The van der Waals surface area contributed by atoms with Crippen LogP contribution < -0.4 is 14.5 Å². The summed E-state index contributed by atoms with van der Waals surface area (Å²) in [7, 11) is 0. The van der Waals surface area contributed by atoms with Gasteiger partial charge in [-0.05, 0) is 55.2 Å². The monoisotopic (exact) mass is 434 g/mol. The van der Waals surface area contributed by atoms with Gasteiger partial charge in [-0.3, -0.25) is 24.1 Å². The van der Waals surface area contributed by atoms with Crippen LogP contribution in [0, 0.1) is 12.8 Å². The molecule has 0 spiro atoms. The van der Waals surface area contributed by atoms with E-state index in [1.54, 1.807) is 30.0 Å². The molecule has 0 bridgehead atoms. The standard InChI is InChI=1S/C25H26N2O5/c1-3-17-7-4-5-8-21(17)26-15-18(14-24(26)30)25(31)32-19-11-12-20(16(2)13-19)27-22(28)9-6-10-23(27)29/h4-5,7-8,11-13,18H,3,6,9-10,14-15H2,1-2H3/t18-/m0/s1. The number of rotatable bonds is 5. The average Bonchev–Trinajstić information content (AvgIpc) is 3.16. The molecule has 1 atom stereocenters. The molecule has 166 valence electrons. The first-order valence-corrected chi connectivity index (χ1v) is 11.0. The van der Waals surface area contributed by atoms with Crippen molar-refractivity contribution in [3.8, 4) is 5.75 Å². The minimum absolute atomic E-state index is 0.0958. The van der Waals surface area contributed by atoms with Crippen LogP contribution in [0.4, 0.5) is 11.4 Å². The molecule has 0 saturated carbocycles. The molecule has 4 rings (SSSR count). The maximum Gasteiger partial charge on any atom is 0.316 e. The van der Waals surface area contributed by atoms with Crippen molar-refractivity contribution < 1.29 is 23.9 Å². The molecule has 3 amide bonds. The van der Waals surface area contributed by atoms with Crippen molar-refractivity contribution in [2.45, 2.75) is 46.0 Å². The van der Waals surface area contributed by atoms with Gasteiger partial charge in [0, 0.05) is 31.5 Å². The molecule has 2 aliphatic heterocycles. The number of para-hydroxylation sites is 1. The Bertz CT molecular complexity index is 1080. The first-order chi connectivity index (χ1) is 15.4. The third kappa shape index (κ3) is 4.15. The Morgan fingerprint density at radius 3 is 2.41 bits per heavy atom. The molecule has 0 radical (unpaired) electrons. The first kappa shape index (κ1) is 21.7. The van der Waals surface area contributed by atoms with Crippen LogP contribution in [0.3, 0.4) is 0 Å². The molecule has 7 nitrogen and oxygen atoms in total. The van der Waals surface area contributed by atoms with Gasteiger partial charge in [-0.15, -0.1) is 0 Å². The molecule has 0 N–H and O–H groups in total. The maximum atomic E-state index is 12.8. The second-order valence-electron chi connectivity index (χ2n) is 8.23. The number of nitrogens with zero attached hydrogens (tertiary/aromatic N) is 2. The van der Waals surface area contributed by atoms with Crippen LogP contribution in [-0.4, -0.2) is 30.2 Å². The van der Waals surface area contributed by atoms with Crippen molar-refractivity contribution in [3.63, 3.8) is 0 Å². The van der Waals surface area contributed by atoms with Crippen molar-refractivity contribution in [1.29, 1.82) is 0 Å². The van der Waals surface area contributed by atoms with E-state index in [2.05, 4.69) is 0 Å². The summed E-state index contributed by atoms with van der Waals surface area (Å²) in [6.45, 7) is 4.08. The molecule has 2 aromatic rings. The minimum Gasteiger partial charge on any atom is -0.426 e. The van der Waals surface area contributed by atoms with Gasteiger partial charge in [0.15, 0.2) is 0 Å². The van der Waals surface area contributed by atoms with Crippen LogP contribution in [0.1, 0.15) is 43.7 Å². The van der Waals surface area contributed by atoms with Gasteiger partial charge < -0.3 is 9.64 Å². The average molecular weight is 434 g/mol. The fraction of sp³-hybridized carbons (Fsp3) is 0.360. The molecule has 0 aromatic heterocycles. The minimum atomic E-state index is -0.558. The number of esters is 1. The Kier molecular flexibility index (Phi) is 6.08. The highest BCUT2D eigenvalue weighted by Crippen LogP contribution is 2.31. The number of hydrogen-bond donors (Lipinski definition) is 0. The Hall–Kier alpha value is -3.48. The van der Waals surface area contributed by atoms with Crippen LogP contribution in [0.2, 0.25) is 0 Å². The van der Waals surface area contributed by atoms with Gasteiger partial charge in [-0.2, -0.15) is 0 Å². The Balaban J connectivity index is 1.46. The molecular formula is C25H26N2O5. The van der Waals surface area contributed by atoms with Crippen molar-refractivity contribution in [2.24, 2.45) is 5.92 Å². The number of anilines is 2. The molecule has 2 fully saturated rings. The van der Waals surface area contributed by atoms with Crippen molar-refractivity contribution in [1.82, 2.24) is 0 Å². The van der Waals surface area contributed by atoms with Crippen molar-refractivity contribution in [2.75, 3.05) is 16.3 Å². The third-order valence-electron chi connectivity index (χ3n) is 6.03. The number of ether oxygens (including phenoxy) is 1. The van der Waals surface area contributed by atoms with E-state index >= 15 is 0 Å². The summed E-state index contributed by atoms with van der Waals surface area (Å²) >= 11 is 0. The highest BCUT2D eigenvalue weighted by atomic mass is 16.5. The first-order valence-electron chi connectivity index (χ1n) is 11.0. The van der Waals surface area contributed by atoms with E-state index in [0.717, 1.165) is 17.7 Å². The lowest BCUT2D eigenvalue weighted by Crippen LogP contribution is -2.40. The van der Waals surface area contributed by atoms with Crippen molar-refractivity contribution in [3.05, 3.63) is 53.6 Å². The molecule has 2 aliphatic rings. The quantitative estimate of drug-likeness (QED) is 0.408. The molecule has 2 saturated heterocycles. The fourth-order valence-corrected chi connectivity index (χ4v) is 4.34. The van der Waals surface area contributed by atoms with Gasteiger partial charge >= 0.3 is 5.97 Å². The lowest BCUT2D eigenvalue weighted by Gasteiger charge is -2.26. The predicted molar refractivity (Wildman–Crippen MR) is 119 cm³/mol. The van der Waals surface area contributed by atoms with E-state index in [-0.39, 0.29) is 30.7 Å². The highest BCUT2D eigenvalue weighted by Gasteiger charge is 2.37. The van der Waals surface area contributed by atoms with E-state index in [9.17, 15) is 19.2 Å². The zero-order valence-corrected chi connectivity index (χ0v) is 18.3.